The summed E-state index contributed by atoms with van der Waals surface area (Å²) in [5.74, 6) is 10.5. The van der Waals surface area contributed by atoms with E-state index in [1.165, 1.54) is 9.80 Å². The van der Waals surface area contributed by atoms with Crippen LogP contribution in [0.15, 0.2) is 72.8 Å². The van der Waals surface area contributed by atoms with Crippen molar-refractivity contribution >= 4 is 35.9 Å². The van der Waals surface area contributed by atoms with Crippen LogP contribution in [0.25, 0.3) is 0 Å². The van der Waals surface area contributed by atoms with Crippen molar-refractivity contribution in [2.45, 2.75) is 105 Å². The Balaban J connectivity index is 1.56. The second kappa shape index (κ2) is 26.0. The molecule has 0 radical (unpaired) electrons. The van der Waals surface area contributed by atoms with Crippen LogP contribution >= 0.6 is 0 Å². The quantitative estimate of drug-likeness (QED) is 0.0819. The Labute approximate surface area is 377 Å². The van der Waals surface area contributed by atoms with Gasteiger partial charge < -0.3 is 39.4 Å². The van der Waals surface area contributed by atoms with Crippen LogP contribution in [0.5, 0.6) is 0 Å². The molecule has 4 amide bonds. The van der Waals surface area contributed by atoms with Gasteiger partial charge in [-0.15, -0.1) is 0 Å². The molecule has 0 saturated carbocycles. The van der Waals surface area contributed by atoms with E-state index in [2.05, 4.69) is 34.3 Å². The van der Waals surface area contributed by atoms with Crippen LogP contribution in [0.1, 0.15) is 102 Å². The van der Waals surface area contributed by atoms with Gasteiger partial charge in [-0.2, -0.15) is 0 Å². The Hall–Kier alpha value is -6.80. The predicted octanol–water partition coefficient (Wildman–Crippen LogP) is 6.49. The summed E-state index contributed by atoms with van der Waals surface area (Å²) in [7, 11) is 0. The van der Waals surface area contributed by atoms with Gasteiger partial charge in [0.15, 0.2) is 0 Å². The summed E-state index contributed by atoms with van der Waals surface area (Å²) in [6, 6.07) is 22.2. The number of hydrogen-bond donors (Lipinski definition) is 2. The first-order valence-electron chi connectivity index (χ1n) is 21.4. The molecule has 0 unspecified atom stereocenters. The van der Waals surface area contributed by atoms with Crippen molar-refractivity contribution in [3.05, 3.63) is 106 Å². The predicted molar refractivity (Wildman–Crippen MR) is 242 cm³/mol. The zero-order valence-electron chi connectivity index (χ0n) is 38.4. The van der Waals surface area contributed by atoms with E-state index >= 15 is 0 Å². The molecule has 0 atom stereocenters. The van der Waals surface area contributed by atoms with Crippen molar-refractivity contribution < 1.29 is 47.7 Å². The third-order valence-corrected chi connectivity index (χ3v) is 8.82. The van der Waals surface area contributed by atoms with Crippen molar-refractivity contribution in [3.63, 3.8) is 0 Å². The average Bonchev–Trinajstić information content (AvgIpc) is 3.22. The van der Waals surface area contributed by atoms with Gasteiger partial charge in [0, 0.05) is 37.1 Å². The largest absolute Gasteiger partial charge is 0.465 e. The number of benzene rings is 3. The lowest BCUT2D eigenvalue weighted by Gasteiger charge is -2.20. The van der Waals surface area contributed by atoms with E-state index in [4.69, 9.17) is 18.9 Å². The fraction of sp³-hybridized carbons (Fsp3) is 0.440. The minimum atomic E-state index is -0.591. The molecular formula is C50H62N4O10. The fourth-order valence-corrected chi connectivity index (χ4v) is 5.74. The van der Waals surface area contributed by atoms with Crippen LogP contribution in [0, 0.1) is 23.7 Å². The molecule has 0 fully saturated rings. The second-order valence-corrected chi connectivity index (χ2v) is 16.6. The molecule has 0 heterocycles. The fourth-order valence-electron chi connectivity index (χ4n) is 5.74. The lowest BCUT2D eigenvalue weighted by atomic mass is 10.1. The first-order chi connectivity index (χ1) is 30.3. The highest BCUT2D eigenvalue weighted by Gasteiger charge is 2.20. The van der Waals surface area contributed by atoms with E-state index in [0.29, 0.717) is 37.1 Å². The number of nitrogens with one attached hydrogen (secondary N) is 2. The molecule has 0 aliphatic carbocycles. The average molecular weight is 879 g/mol. The Morgan fingerprint density at radius 3 is 1.16 bits per heavy atom. The SMILES string of the molecule is CCOC(=O)CN(CC#Cc1ccc(C#CCN(CC(=O)OCC)C(=O)CCc2ccc(CNC(=O)OC(C)(C)C)cc2)cc1)C(=O)CCc1ccc(CNC(=O)OC(C)(C)C)cc1. The summed E-state index contributed by atoms with van der Waals surface area (Å²) < 4.78 is 20.7. The molecule has 0 aromatic heterocycles. The van der Waals surface area contributed by atoms with Crippen molar-refractivity contribution in [1.29, 1.82) is 0 Å². The van der Waals surface area contributed by atoms with Crippen LogP contribution in [0.4, 0.5) is 9.59 Å². The second-order valence-electron chi connectivity index (χ2n) is 16.6. The number of aryl methyl sites for hydroxylation is 2. The molecule has 2 N–H and O–H groups in total. The van der Waals surface area contributed by atoms with E-state index in [9.17, 15) is 28.8 Å². The maximum Gasteiger partial charge on any atom is 0.407 e. The summed E-state index contributed by atoms with van der Waals surface area (Å²) in [5.41, 5.74) is 3.76. The number of nitrogens with zero attached hydrogens (tertiary/aromatic N) is 2. The van der Waals surface area contributed by atoms with Gasteiger partial charge in [-0.25, -0.2) is 9.59 Å². The minimum Gasteiger partial charge on any atom is -0.465 e. The number of carbonyl (C=O) groups is 6. The monoisotopic (exact) mass is 878 g/mol. The third-order valence-electron chi connectivity index (χ3n) is 8.82. The van der Waals surface area contributed by atoms with Crippen molar-refractivity contribution in [1.82, 2.24) is 20.4 Å². The standard InChI is InChI=1S/C50H62N4O10/c1-9-61-45(57)35-53(43(55)29-27-39-19-23-41(24-20-39)33-51-47(59)63-49(3,4)5)31-11-13-37-15-17-38(18-16-37)14-12-32-54(36-46(58)62-10-2)44(56)30-28-40-21-25-42(26-22-40)34-52-48(60)64-50(6,7)8/h15-26H,9-10,27-36H2,1-8H3,(H,51,59)(H,52,60). The maximum absolute atomic E-state index is 13.3. The number of amides is 4. The van der Waals surface area contributed by atoms with Gasteiger partial charge in [-0.3, -0.25) is 19.2 Å². The number of rotatable bonds is 18. The lowest BCUT2D eigenvalue weighted by molar-refractivity contribution is -0.148. The molecule has 3 aromatic rings. The molecule has 0 bridgehead atoms. The highest BCUT2D eigenvalue weighted by atomic mass is 16.6. The highest BCUT2D eigenvalue weighted by molar-refractivity contribution is 5.83. The Kier molecular flexibility index (Phi) is 20.9. The van der Waals surface area contributed by atoms with Gasteiger partial charge >= 0.3 is 24.1 Å². The Morgan fingerprint density at radius 1 is 0.516 bits per heavy atom. The molecule has 0 aliphatic heterocycles. The van der Waals surface area contributed by atoms with E-state index in [1.807, 2.05) is 48.5 Å². The Bertz CT molecular complexity index is 1990. The molecule has 64 heavy (non-hydrogen) atoms. The number of ether oxygens (including phenoxy) is 4. The van der Waals surface area contributed by atoms with Crippen molar-refractivity contribution in [2.24, 2.45) is 0 Å². The molecule has 342 valence electrons. The summed E-state index contributed by atoms with van der Waals surface area (Å²) >= 11 is 0. The maximum atomic E-state index is 13.3. The molecule has 14 heteroatoms. The highest BCUT2D eigenvalue weighted by Crippen LogP contribution is 2.13. The van der Waals surface area contributed by atoms with Crippen LogP contribution in [0.2, 0.25) is 0 Å². The molecule has 3 rings (SSSR count). The van der Waals surface area contributed by atoms with E-state index in [1.54, 1.807) is 79.7 Å². The van der Waals surface area contributed by atoms with Gasteiger partial charge in [0.25, 0.3) is 0 Å². The van der Waals surface area contributed by atoms with Crippen LogP contribution < -0.4 is 10.6 Å². The molecule has 14 nitrogen and oxygen atoms in total. The zero-order chi connectivity index (χ0) is 47.1. The molecule has 0 spiro atoms. The van der Waals surface area contributed by atoms with Crippen molar-refractivity contribution in [2.75, 3.05) is 39.4 Å². The lowest BCUT2D eigenvalue weighted by Crippen LogP contribution is -2.37. The van der Waals surface area contributed by atoms with E-state index in [-0.39, 0.29) is 64.0 Å². The molecule has 3 aromatic carbocycles. The summed E-state index contributed by atoms with van der Waals surface area (Å²) in [6.07, 6.45) is 0.181. The molecule has 0 aliphatic rings. The first kappa shape index (κ1) is 51.5. The minimum absolute atomic E-state index is 0.0114. The number of alkyl carbamates (subject to hydrolysis) is 2. The first-order valence-corrected chi connectivity index (χ1v) is 21.4. The summed E-state index contributed by atoms with van der Waals surface area (Å²) in [4.78, 5) is 78.0. The van der Waals surface area contributed by atoms with Gasteiger partial charge in [0.05, 0.1) is 26.3 Å². The van der Waals surface area contributed by atoms with Gasteiger partial charge in [-0.1, -0.05) is 72.2 Å². The summed E-state index contributed by atoms with van der Waals surface area (Å²) in [5, 5.41) is 5.45. The number of esters is 2. The zero-order valence-corrected chi connectivity index (χ0v) is 38.4. The Morgan fingerprint density at radius 2 is 0.844 bits per heavy atom. The van der Waals surface area contributed by atoms with Gasteiger partial charge in [0.1, 0.15) is 24.3 Å². The third kappa shape index (κ3) is 21.3. The molecular weight excluding hydrogens is 817 g/mol. The number of hydrogen-bond acceptors (Lipinski definition) is 10. The van der Waals surface area contributed by atoms with Crippen molar-refractivity contribution in [3.8, 4) is 23.7 Å². The normalized spacial score (nSPS) is 10.8. The van der Waals surface area contributed by atoms with E-state index < -0.39 is 35.3 Å². The topological polar surface area (TPSA) is 170 Å². The van der Waals surface area contributed by atoms with Crippen LogP contribution in [0.3, 0.4) is 0 Å². The number of carbonyl (C=O) groups excluding carboxylic acids is 6. The molecule has 0 saturated heterocycles. The summed E-state index contributed by atoms with van der Waals surface area (Å²) in [6.45, 7) is 14.7. The van der Waals surface area contributed by atoms with Crippen LogP contribution in [-0.2, 0) is 64.1 Å². The van der Waals surface area contributed by atoms with Gasteiger partial charge in [0.2, 0.25) is 11.8 Å². The van der Waals surface area contributed by atoms with E-state index in [0.717, 1.165) is 22.3 Å². The van der Waals surface area contributed by atoms with Crippen LogP contribution in [-0.4, -0.2) is 96.3 Å². The smallest absolute Gasteiger partial charge is 0.407 e. The van der Waals surface area contributed by atoms with Gasteiger partial charge in [-0.05, 0) is 115 Å².